The number of H-pyrrole nitrogens is 2. The monoisotopic (exact) mass is 238 g/mol. The van der Waals surface area contributed by atoms with Crippen molar-refractivity contribution in [3.8, 4) is 0 Å². The minimum atomic E-state index is -1.01. The quantitative estimate of drug-likeness (QED) is 0.666. The highest BCUT2D eigenvalue weighted by molar-refractivity contribution is 5.96. The first kappa shape index (κ1) is 11.6. The molecule has 1 aliphatic carbocycles. The molecule has 0 aromatic carbocycles. The van der Waals surface area contributed by atoms with Crippen molar-refractivity contribution in [2.75, 3.05) is 0 Å². The largest absolute Gasteiger partial charge is 0.481 e. The molecule has 6 nitrogen and oxygen atoms in total. The second-order valence-corrected chi connectivity index (χ2v) is 4.31. The van der Waals surface area contributed by atoms with Crippen molar-refractivity contribution in [1.82, 2.24) is 9.97 Å². The number of ketones is 1. The van der Waals surface area contributed by atoms with Gasteiger partial charge >= 0.3 is 11.7 Å². The molecule has 0 spiro atoms. The SMILES string of the molecule is O=C(O)CCC(=O)c1[nH]c(=O)[nH]c1C1CCC1. The lowest BCUT2D eigenvalue weighted by Gasteiger charge is -2.24. The Labute approximate surface area is 97.1 Å². The standard InChI is InChI=1S/C11H14N2O4/c14-7(4-5-8(15)16)10-9(6-2-1-3-6)12-11(17)13-10/h6H,1-5H2,(H,15,16)(H2,12,13,17). The van der Waals surface area contributed by atoms with E-state index in [1.807, 2.05) is 0 Å². The van der Waals surface area contributed by atoms with Crippen molar-refractivity contribution >= 4 is 11.8 Å². The van der Waals surface area contributed by atoms with Gasteiger partial charge in [0.2, 0.25) is 0 Å². The Bertz CT molecular complexity index is 496. The molecule has 1 fully saturated rings. The van der Waals surface area contributed by atoms with Gasteiger partial charge in [-0.15, -0.1) is 0 Å². The number of nitrogens with one attached hydrogen (secondary N) is 2. The Balaban J connectivity index is 2.16. The van der Waals surface area contributed by atoms with E-state index in [-0.39, 0.29) is 30.2 Å². The minimum Gasteiger partial charge on any atom is -0.481 e. The van der Waals surface area contributed by atoms with Gasteiger partial charge in [-0.25, -0.2) is 4.79 Å². The van der Waals surface area contributed by atoms with Gasteiger partial charge in [-0.3, -0.25) is 9.59 Å². The molecule has 0 amide bonds. The number of carbonyl (C=O) groups is 2. The van der Waals surface area contributed by atoms with E-state index in [1.54, 1.807) is 0 Å². The highest BCUT2D eigenvalue weighted by Crippen LogP contribution is 2.36. The van der Waals surface area contributed by atoms with Gasteiger partial charge in [0, 0.05) is 18.0 Å². The Morgan fingerprint density at radius 3 is 2.47 bits per heavy atom. The fourth-order valence-electron chi connectivity index (χ4n) is 1.97. The number of aromatic nitrogens is 2. The van der Waals surface area contributed by atoms with E-state index in [0.717, 1.165) is 19.3 Å². The van der Waals surface area contributed by atoms with Crippen LogP contribution in [-0.4, -0.2) is 26.8 Å². The average Bonchev–Trinajstić information content (AvgIpc) is 2.54. The van der Waals surface area contributed by atoms with Crippen LogP contribution in [0.15, 0.2) is 4.79 Å². The number of carboxylic acids is 1. The molecule has 1 saturated carbocycles. The first-order valence-corrected chi connectivity index (χ1v) is 5.65. The van der Waals surface area contributed by atoms with Crippen LogP contribution in [0.5, 0.6) is 0 Å². The highest BCUT2D eigenvalue weighted by atomic mass is 16.4. The zero-order chi connectivity index (χ0) is 12.4. The molecule has 2 rings (SSSR count). The van der Waals surface area contributed by atoms with Gasteiger partial charge < -0.3 is 15.1 Å². The van der Waals surface area contributed by atoms with Crippen molar-refractivity contribution in [3.05, 3.63) is 21.9 Å². The van der Waals surface area contributed by atoms with Crippen LogP contribution >= 0.6 is 0 Å². The molecule has 6 heteroatoms. The zero-order valence-corrected chi connectivity index (χ0v) is 9.28. The summed E-state index contributed by atoms with van der Waals surface area (Å²) in [7, 11) is 0. The maximum atomic E-state index is 11.8. The summed E-state index contributed by atoms with van der Waals surface area (Å²) in [6, 6.07) is 0. The lowest BCUT2D eigenvalue weighted by molar-refractivity contribution is -0.136. The first-order chi connectivity index (χ1) is 8.08. The first-order valence-electron chi connectivity index (χ1n) is 5.65. The smallest absolute Gasteiger partial charge is 0.323 e. The normalized spacial score (nSPS) is 15.5. The van der Waals surface area contributed by atoms with E-state index in [9.17, 15) is 14.4 Å². The van der Waals surface area contributed by atoms with Crippen LogP contribution in [-0.2, 0) is 4.79 Å². The predicted molar refractivity (Wildman–Crippen MR) is 59.2 cm³/mol. The van der Waals surface area contributed by atoms with Crippen molar-refractivity contribution in [2.45, 2.75) is 38.0 Å². The van der Waals surface area contributed by atoms with Crippen LogP contribution < -0.4 is 5.69 Å². The summed E-state index contributed by atoms with van der Waals surface area (Å²) in [5.74, 6) is -1.09. The molecule has 0 unspecified atom stereocenters. The molecule has 0 saturated heterocycles. The summed E-state index contributed by atoms with van der Waals surface area (Å²) in [4.78, 5) is 38.5. The Morgan fingerprint density at radius 2 is 1.94 bits per heavy atom. The van der Waals surface area contributed by atoms with Crippen molar-refractivity contribution in [3.63, 3.8) is 0 Å². The summed E-state index contributed by atoms with van der Waals surface area (Å²) in [5, 5.41) is 8.52. The lowest BCUT2D eigenvalue weighted by Crippen LogP contribution is -2.14. The van der Waals surface area contributed by atoms with Gasteiger partial charge in [0.05, 0.1) is 6.42 Å². The van der Waals surface area contributed by atoms with E-state index in [1.165, 1.54) is 0 Å². The number of imidazole rings is 1. The van der Waals surface area contributed by atoms with Crippen LogP contribution in [0.3, 0.4) is 0 Å². The number of hydrogen-bond acceptors (Lipinski definition) is 3. The topological polar surface area (TPSA) is 103 Å². The molecule has 1 aliphatic rings. The molecule has 1 heterocycles. The molecule has 92 valence electrons. The highest BCUT2D eigenvalue weighted by Gasteiger charge is 2.27. The van der Waals surface area contributed by atoms with Crippen molar-refractivity contribution < 1.29 is 14.7 Å². The number of aliphatic carboxylic acids is 1. The van der Waals surface area contributed by atoms with Crippen LogP contribution in [0.1, 0.15) is 54.2 Å². The number of aromatic amines is 2. The molecule has 3 N–H and O–H groups in total. The fraction of sp³-hybridized carbons (Fsp3) is 0.545. The van der Waals surface area contributed by atoms with E-state index in [4.69, 9.17) is 5.11 Å². The summed E-state index contributed by atoms with van der Waals surface area (Å²) in [5.41, 5.74) is 0.517. The van der Waals surface area contributed by atoms with Crippen molar-refractivity contribution in [1.29, 1.82) is 0 Å². The third-order valence-corrected chi connectivity index (χ3v) is 3.11. The maximum Gasteiger partial charge on any atom is 0.323 e. The summed E-state index contributed by atoms with van der Waals surface area (Å²) in [6.07, 6.45) is 2.74. The zero-order valence-electron chi connectivity index (χ0n) is 9.28. The van der Waals surface area contributed by atoms with Crippen LogP contribution in [0.2, 0.25) is 0 Å². The number of carbonyl (C=O) groups excluding carboxylic acids is 1. The van der Waals surface area contributed by atoms with Gasteiger partial charge in [0.1, 0.15) is 5.69 Å². The van der Waals surface area contributed by atoms with Crippen LogP contribution in [0, 0.1) is 0 Å². The van der Waals surface area contributed by atoms with Gasteiger partial charge in [0.25, 0.3) is 0 Å². The third kappa shape index (κ3) is 2.46. The van der Waals surface area contributed by atoms with Crippen LogP contribution in [0.25, 0.3) is 0 Å². The Hall–Kier alpha value is -1.85. The number of hydrogen-bond donors (Lipinski definition) is 3. The predicted octanol–water partition coefficient (Wildman–Crippen LogP) is 1.02. The number of Topliss-reactive ketones (excluding diaryl/α,β-unsaturated/α-hetero) is 1. The third-order valence-electron chi connectivity index (χ3n) is 3.11. The van der Waals surface area contributed by atoms with E-state index >= 15 is 0 Å². The van der Waals surface area contributed by atoms with Crippen molar-refractivity contribution in [2.24, 2.45) is 0 Å². The number of rotatable bonds is 5. The molecule has 1 aromatic rings. The van der Waals surface area contributed by atoms with Crippen LogP contribution in [0.4, 0.5) is 0 Å². The maximum absolute atomic E-state index is 11.8. The molecule has 1 aromatic heterocycles. The molecule has 0 bridgehead atoms. The molecular formula is C11H14N2O4. The number of carboxylic acid groups (broad SMARTS) is 1. The molecular weight excluding hydrogens is 224 g/mol. The minimum absolute atomic E-state index is 0.0805. The van der Waals surface area contributed by atoms with Gasteiger partial charge in [-0.2, -0.15) is 0 Å². The summed E-state index contributed by atoms with van der Waals surface area (Å²) >= 11 is 0. The second-order valence-electron chi connectivity index (χ2n) is 4.31. The lowest BCUT2D eigenvalue weighted by atomic mass is 9.81. The average molecular weight is 238 g/mol. The van der Waals surface area contributed by atoms with E-state index < -0.39 is 11.7 Å². The molecule has 0 aliphatic heterocycles. The molecule has 0 radical (unpaired) electrons. The Kier molecular flexibility index (Phi) is 3.12. The summed E-state index contributed by atoms with van der Waals surface area (Å²) < 4.78 is 0. The molecule has 0 atom stereocenters. The van der Waals surface area contributed by atoms with Gasteiger partial charge in [-0.1, -0.05) is 6.42 Å². The van der Waals surface area contributed by atoms with Gasteiger partial charge in [0.15, 0.2) is 5.78 Å². The Morgan fingerprint density at radius 1 is 1.24 bits per heavy atom. The van der Waals surface area contributed by atoms with Gasteiger partial charge in [-0.05, 0) is 12.8 Å². The van der Waals surface area contributed by atoms with E-state index in [0.29, 0.717) is 5.69 Å². The molecule has 17 heavy (non-hydrogen) atoms. The fourth-order valence-corrected chi connectivity index (χ4v) is 1.97. The second kappa shape index (κ2) is 4.57. The van der Waals surface area contributed by atoms with E-state index in [2.05, 4.69) is 9.97 Å². The summed E-state index contributed by atoms with van der Waals surface area (Å²) in [6.45, 7) is 0.